The highest BCUT2D eigenvalue weighted by Crippen LogP contribution is 2.23. The Labute approximate surface area is 140 Å². The van der Waals surface area contributed by atoms with Crippen molar-refractivity contribution in [2.75, 3.05) is 0 Å². The van der Waals surface area contributed by atoms with Gasteiger partial charge in [0.25, 0.3) is 0 Å². The summed E-state index contributed by atoms with van der Waals surface area (Å²) in [7, 11) is 0. The lowest BCUT2D eigenvalue weighted by molar-refractivity contribution is -0.687. The van der Waals surface area contributed by atoms with Gasteiger partial charge in [0.1, 0.15) is 24.7 Å². The molecular formula is C20H21FNO2+. The topological polar surface area (TPSA) is 50.0 Å². The van der Waals surface area contributed by atoms with Crippen LogP contribution in [0.5, 0.6) is 0 Å². The average molecular weight is 326 g/mol. The molecule has 0 unspecified atom stereocenters. The number of rotatable bonds is 6. The Balaban J connectivity index is 1.58. The quantitative estimate of drug-likeness (QED) is 0.729. The number of aliphatic hydroxyl groups is 1. The molecule has 124 valence electrons. The van der Waals surface area contributed by atoms with E-state index >= 15 is 0 Å². The molecule has 0 aliphatic rings. The van der Waals surface area contributed by atoms with E-state index < -0.39 is 6.10 Å². The van der Waals surface area contributed by atoms with Crippen LogP contribution in [-0.2, 0) is 13.1 Å². The third-order valence-corrected chi connectivity index (χ3v) is 3.98. The van der Waals surface area contributed by atoms with Crippen molar-refractivity contribution in [2.24, 2.45) is 0 Å². The SMILES string of the molecule is C[C@H](O)c1ccc(-c2ccc(C[NH2+]Cc3ccc(F)cc3)o2)cc1. The third-order valence-electron chi connectivity index (χ3n) is 3.98. The predicted octanol–water partition coefficient (Wildman–Crippen LogP) is 3.40. The summed E-state index contributed by atoms with van der Waals surface area (Å²) in [4.78, 5) is 0. The van der Waals surface area contributed by atoms with Crippen LogP contribution in [0, 0.1) is 5.82 Å². The molecule has 0 spiro atoms. The monoisotopic (exact) mass is 326 g/mol. The number of quaternary nitrogens is 1. The molecule has 3 rings (SSSR count). The predicted molar refractivity (Wildman–Crippen MR) is 90.5 cm³/mol. The largest absolute Gasteiger partial charge is 0.455 e. The lowest BCUT2D eigenvalue weighted by Gasteiger charge is -2.05. The van der Waals surface area contributed by atoms with Crippen LogP contribution < -0.4 is 5.32 Å². The summed E-state index contributed by atoms with van der Waals surface area (Å²) < 4.78 is 18.7. The highest BCUT2D eigenvalue weighted by Gasteiger charge is 2.07. The van der Waals surface area contributed by atoms with E-state index in [1.54, 1.807) is 19.1 Å². The van der Waals surface area contributed by atoms with Gasteiger partial charge < -0.3 is 14.8 Å². The van der Waals surface area contributed by atoms with E-state index in [9.17, 15) is 9.50 Å². The molecule has 0 saturated heterocycles. The van der Waals surface area contributed by atoms with Crippen LogP contribution in [0.4, 0.5) is 4.39 Å². The van der Waals surface area contributed by atoms with Crippen LogP contribution >= 0.6 is 0 Å². The van der Waals surface area contributed by atoms with Gasteiger partial charge in [-0.1, -0.05) is 36.4 Å². The van der Waals surface area contributed by atoms with Crippen molar-refractivity contribution in [1.29, 1.82) is 0 Å². The molecule has 1 heterocycles. The van der Waals surface area contributed by atoms with Crippen LogP contribution in [0.3, 0.4) is 0 Å². The summed E-state index contributed by atoms with van der Waals surface area (Å²) in [5.74, 6) is 1.50. The van der Waals surface area contributed by atoms with Gasteiger partial charge in [-0.15, -0.1) is 0 Å². The van der Waals surface area contributed by atoms with Gasteiger partial charge in [-0.05, 0) is 36.8 Å². The molecule has 0 radical (unpaired) electrons. The normalized spacial score (nSPS) is 12.3. The van der Waals surface area contributed by atoms with E-state index in [2.05, 4.69) is 5.32 Å². The van der Waals surface area contributed by atoms with Crippen molar-refractivity contribution in [3.63, 3.8) is 0 Å². The Morgan fingerprint density at radius 2 is 1.67 bits per heavy atom. The Morgan fingerprint density at radius 1 is 0.958 bits per heavy atom. The molecule has 0 fully saturated rings. The molecule has 1 aromatic heterocycles. The van der Waals surface area contributed by atoms with Crippen LogP contribution in [0.25, 0.3) is 11.3 Å². The van der Waals surface area contributed by atoms with Gasteiger partial charge in [-0.3, -0.25) is 0 Å². The molecule has 4 heteroatoms. The molecule has 3 aromatic rings. The number of furan rings is 1. The van der Waals surface area contributed by atoms with Crippen molar-refractivity contribution in [3.05, 3.63) is 83.4 Å². The lowest BCUT2D eigenvalue weighted by Crippen LogP contribution is -2.80. The molecule has 0 amide bonds. The summed E-state index contributed by atoms with van der Waals surface area (Å²) in [5, 5.41) is 11.7. The Bertz CT molecular complexity index is 776. The number of hydrogen-bond acceptors (Lipinski definition) is 2. The maximum atomic E-state index is 12.9. The number of hydrogen-bond donors (Lipinski definition) is 2. The molecule has 0 bridgehead atoms. The molecule has 0 saturated carbocycles. The van der Waals surface area contributed by atoms with Crippen LogP contribution in [0.1, 0.15) is 29.9 Å². The van der Waals surface area contributed by atoms with Gasteiger partial charge in [0, 0.05) is 11.1 Å². The van der Waals surface area contributed by atoms with E-state index in [1.807, 2.05) is 36.4 Å². The Hall–Kier alpha value is -2.43. The first-order valence-electron chi connectivity index (χ1n) is 8.05. The summed E-state index contributed by atoms with van der Waals surface area (Å²) >= 11 is 0. The number of nitrogens with two attached hydrogens (primary N) is 1. The first-order chi connectivity index (χ1) is 11.6. The van der Waals surface area contributed by atoms with Crippen molar-refractivity contribution >= 4 is 0 Å². The van der Waals surface area contributed by atoms with E-state index in [0.29, 0.717) is 0 Å². The minimum Gasteiger partial charge on any atom is -0.455 e. The standard InChI is InChI=1S/C20H20FNO2/c1-14(23)16-4-6-17(7-5-16)20-11-10-19(24-20)13-22-12-15-2-8-18(21)9-3-15/h2-11,14,22-23H,12-13H2,1H3/p+1/t14-/m0/s1. The lowest BCUT2D eigenvalue weighted by atomic mass is 10.1. The minimum atomic E-state index is -0.465. The Kier molecular flexibility index (Phi) is 5.08. The zero-order chi connectivity index (χ0) is 16.9. The molecular weight excluding hydrogens is 305 g/mol. The van der Waals surface area contributed by atoms with Gasteiger partial charge in [0.2, 0.25) is 0 Å². The van der Waals surface area contributed by atoms with Crippen molar-refractivity contribution in [3.8, 4) is 11.3 Å². The molecule has 2 aromatic carbocycles. The zero-order valence-corrected chi connectivity index (χ0v) is 13.6. The maximum absolute atomic E-state index is 12.9. The van der Waals surface area contributed by atoms with Crippen molar-refractivity contribution in [1.82, 2.24) is 0 Å². The molecule has 3 nitrogen and oxygen atoms in total. The number of aliphatic hydroxyl groups excluding tert-OH is 1. The third kappa shape index (κ3) is 4.10. The first-order valence-corrected chi connectivity index (χ1v) is 8.05. The summed E-state index contributed by atoms with van der Waals surface area (Å²) in [6, 6.07) is 18.2. The highest BCUT2D eigenvalue weighted by atomic mass is 19.1. The minimum absolute atomic E-state index is 0.212. The zero-order valence-electron chi connectivity index (χ0n) is 13.6. The maximum Gasteiger partial charge on any atom is 0.158 e. The number of benzene rings is 2. The summed E-state index contributed by atoms with van der Waals surface area (Å²) in [5.41, 5.74) is 2.96. The van der Waals surface area contributed by atoms with Gasteiger partial charge in [-0.25, -0.2) is 4.39 Å². The van der Waals surface area contributed by atoms with Gasteiger partial charge in [0.05, 0.1) is 6.10 Å². The van der Waals surface area contributed by atoms with E-state index in [1.165, 1.54) is 12.1 Å². The molecule has 24 heavy (non-hydrogen) atoms. The van der Waals surface area contributed by atoms with Crippen LogP contribution in [0.2, 0.25) is 0 Å². The van der Waals surface area contributed by atoms with E-state index in [-0.39, 0.29) is 5.82 Å². The fourth-order valence-electron chi connectivity index (χ4n) is 2.57. The second-order valence-corrected chi connectivity index (χ2v) is 5.89. The fraction of sp³-hybridized carbons (Fsp3) is 0.200. The molecule has 0 aliphatic heterocycles. The van der Waals surface area contributed by atoms with Crippen molar-refractivity contribution < 1.29 is 19.2 Å². The molecule has 1 atom stereocenters. The van der Waals surface area contributed by atoms with Gasteiger partial charge in [-0.2, -0.15) is 0 Å². The van der Waals surface area contributed by atoms with E-state index in [0.717, 1.165) is 41.3 Å². The first kappa shape index (κ1) is 16.4. The summed E-state index contributed by atoms with van der Waals surface area (Å²) in [6.45, 7) is 3.25. The van der Waals surface area contributed by atoms with Crippen molar-refractivity contribution in [2.45, 2.75) is 26.1 Å². The smallest absolute Gasteiger partial charge is 0.158 e. The van der Waals surface area contributed by atoms with Crippen LogP contribution in [0.15, 0.2) is 65.1 Å². The summed E-state index contributed by atoms with van der Waals surface area (Å²) in [6.07, 6.45) is -0.465. The van der Waals surface area contributed by atoms with Crippen LogP contribution in [-0.4, -0.2) is 5.11 Å². The van der Waals surface area contributed by atoms with E-state index in [4.69, 9.17) is 4.42 Å². The fourth-order valence-corrected chi connectivity index (χ4v) is 2.57. The molecule has 3 N–H and O–H groups in total. The average Bonchev–Trinajstić information content (AvgIpc) is 3.06. The number of halogens is 1. The van der Waals surface area contributed by atoms with Gasteiger partial charge >= 0.3 is 0 Å². The highest BCUT2D eigenvalue weighted by molar-refractivity contribution is 5.58. The second kappa shape index (κ2) is 7.43. The second-order valence-electron chi connectivity index (χ2n) is 5.89. The Morgan fingerprint density at radius 3 is 2.33 bits per heavy atom. The molecule has 0 aliphatic carbocycles. The van der Waals surface area contributed by atoms with Gasteiger partial charge in [0.15, 0.2) is 5.76 Å².